The van der Waals surface area contributed by atoms with Gasteiger partial charge in [0.15, 0.2) is 0 Å². The summed E-state index contributed by atoms with van der Waals surface area (Å²) in [5.41, 5.74) is 0. The van der Waals surface area contributed by atoms with Gasteiger partial charge in [-0.3, -0.25) is 9.59 Å². The number of hydrogen-bond acceptors (Lipinski definition) is 3. The molecule has 0 spiro atoms. The Labute approximate surface area is 137 Å². The standard InChI is InChI=1S/C17H28N2O4/c1-11(2)7-8-15(20)18-10-16(21)19-13-6-4-3-5-12(13)9-14(19)17(22)23/h11-14H,3-10H2,1-2H3,(H,18,20)(H,22,23). The van der Waals surface area contributed by atoms with Crippen LogP contribution in [-0.2, 0) is 14.4 Å². The van der Waals surface area contributed by atoms with E-state index in [0.29, 0.717) is 24.7 Å². The molecule has 130 valence electrons. The van der Waals surface area contributed by atoms with Crippen LogP contribution in [-0.4, -0.2) is 46.4 Å². The van der Waals surface area contributed by atoms with Crippen molar-refractivity contribution < 1.29 is 19.5 Å². The highest BCUT2D eigenvalue weighted by Gasteiger charge is 2.47. The summed E-state index contributed by atoms with van der Waals surface area (Å²) in [6.07, 6.45) is 5.76. The minimum absolute atomic E-state index is 0.0323. The summed E-state index contributed by atoms with van der Waals surface area (Å²) in [5, 5.41) is 12.1. The first-order valence-electron chi connectivity index (χ1n) is 8.70. The molecule has 1 heterocycles. The number of nitrogens with zero attached hydrogens (tertiary/aromatic N) is 1. The van der Waals surface area contributed by atoms with Gasteiger partial charge in [-0.2, -0.15) is 0 Å². The molecule has 2 rings (SSSR count). The Bertz CT molecular complexity index is 464. The molecule has 1 aliphatic heterocycles. The lowest BCUT2D eigenvalue weighted by Gasteiger charge is -2.33. The van der Waals surface area contributed by atoms with Gasteiger partial charge in [-0.05, 0) is 37.5 Å². The summed E-state index contributed by atoms with van der Waals surface area (Å²) in [6.45, 7) is 4.00. The van der Waals surface area contributed by atoms with Crippen LogP contribution in [0.4, 0.5) is 0 Å². The van der Waals surface area contributed by atoms with Gasteiger partial charge in [-0.25, -0.2) is 4.79 Å². The minimum atomic E-state index is -0.932. The van der Waals surface area contributed by atoms with Crippen molar-refractivity contribution >= 4 is 17.8 Å². The molecule has 0 radical (unpaired) electrons. The van der Waals surface area contributed by atoms with Crippen molar-refractivity contribution in [2.45, 2.75) is 70.9 Å². The number of likely N-dealkylation sites (tertiary alicyclic amines) is 1. The molecule has 1 saturated heterocycles. The normalized spacial score (nSPS) is 26.9. The van der Waals surface area contributed by atoms with Crippen molar-refractivity contribution in [3.05, 3.63) is 0 Å². The molecule has 0 aromatic heterocycles. The van der Waals surface area contributed by atoms with Crippen LogP contribution in [0.3, 0.4) is 0 Å². The quantitative estimate of drug-likeness (QED) is 0.780. The van der Waals surface area contributed by atoms with Crippen LogP contribution in [0.5, 0.6) is 0 Å². The van der Waals surface area contributed by atoms with E-state index in [-0.39, 0.29) is 24.4 Å². The highest BCUT2D eigenvalue weighted by Crippen LogP contribution is 2.39. The average molecular weight is 324 g/mol. The smallest absolute Gasteiger partial charge is 0.326 e. The third kappa shape index (κ3) is 4.45. The molecule has 2 aliphatic rings. The predicted octanol–water partition coefficient (Wildman–Crippen LogP) is 1.78. The number of amides is 2. The second-order valence-corrected chi connectivity index (χ2v) is 7.21. The Hall–Kier alpha value is -1.59. The molecule has 2 amide bonds. The zero-order chi connectivity index (χ0) is 17.0. The fraction of sp³-hybridized carbons (Fsp3) is 0.824. The third-order valence-corrected chi connectivity index (χ3v) is 5.05. The van der Waals surface area contributed by atoms with Gasteiger partial charge in [0.2, 0.25) is 11.8 Å². The average Bonchev–Trinajstić information content (AvgIpc) is 2.90. The highest BCUT2D eigenvalue weighted by atomic mass is 16.4. The lowest BCUT2D eigenvalue weighted by molar-refractivity contribution is -0.149. The van der Waals surface area contributed by atoms with E-state index in [9.17, 15) is 19.5 Å². The van der Waals surface area contributed by atoms with E-state index in [2.05, 4.69) is 5.32 Å². The molecule has 6 nitrogen and oxygen atoms in total. The molecule has 6 heteroatoms. The van der Waals surface area contributed by atoms with E-state index in [1.54, 1.807) is 0 Å². The molecule has 3 atom stereocenters. The van der Waals surface area contributed by atoms with Gasteiger partial charge in [-0.15, -0.1) is 0 Å². The first-order chi connectivity index (χ1) is 10.9. The second kappa shape index (κ2) is 7.79. The topological polar surface area (TPSA) is 86.7 Å². The van der Waals surface area contributed by atoms with Crippen molar-refractivity contribution in [1.29, 1.82) is 0 Å². The van der Waals surface area contributed by atoms with E-state index in [4.69, 9.17) is 0 Å². The van der Waals surface area contributed by atoms with Gasteiger partial charge >= 0.3 is 5.97 Å². The van der Waals surface area contributed by atoms with Crippen molar-refractivity contribution in [3.63, 3.8) is 0 Å². The van der Waals surface area contributed by atoms with Crippen LogP contribution in [0.15, 0.2) is 0 Å². The fourth-order valence-electron chi connectivity index (χ4n) is 3.81. The van der Waals surface area contributed by atoms with Crippen molar-refractivity contribution in [2.24, 2.45) is 11.8 Å². The second-order valence-electron chi connectivity index (χ2n) is 7.21. The number of aliphatic carboxylic acids is 1. The molecule has 2 fully saturated rings. The zero-order valence-electron chi connectivity index (χ0n) is 14.1. The van der Waals surface area contributed by atoms with Crippen molar-refractivity contribution in [3.8, 4) is 0 Å². The van der Waals surface area contributed by atoms with Crippen LogP contribution in [0.2, 0.25) is 0 Å². The van der Waals surface area contributed by atoms with Crippen molar-refractivity contribution in [2.75, 3.05) is 6.54 Å². The number of carboxylic acid groups (broad SMARTS) is 1. The van der Waals surface area contributed by atoms with Gasteiger partial charge in [0.05, 0.1) is 6.54 Å². The molecule has 0 aromatic carbocycles. The predicted molar refractivity (Wildman–Crippen MR) is 85.7 cm³/mol. The molecule has 0 aromatic rings. The maximum absolute atomic E-state index is 12.5. The Morgan fingerprint density at radius 1 is 1.22 bits per heavy atom. The fourth-order valence-corrected chi connectivity index (χ4v) is 3.81. The zero-order valence-corrected chi connectivity index (χ0v) is 14.1. The van der Waals surface area contributed by atoms with Gasteiger partial charge in [0.1, 0.15) is 6.04 Å². The molecule has 23 heavy (non-hydrogen) atoms. The van der Waals surface area contributed by atoms with Crippen LogP contribution in [0.25, 0.3) is 0 Å². The van der Waals surface area contributed by atoms with E-state index in [0.717, 1.165) is 32.1 Å². The summed E-state index contributed by atoms with van der Waals surface area (Å²) in [4.78, 5) is 37.3. The molecular formula is C17H28N2O4. The SMILES string of the molecule is CC(C)CCC(=O)NCC(=O)N1C(C(=O)O)CC2CCCCC21. The van der Waals surface area contributed by atoms with E-state index in [1.807, 2.05) is 13.8 Å². The van der Waals surface area contributed by atoms with Gasteiger partial charge < -0.3 is 15.3 Å². The van der Waals surface area contributed by atoms with Crippen molar-refractivity contribution in [1.82, 2.24) is 10.2 Å². The number of carbonyl (C=O) groups is 3. The number of nitrogens with one attached hydrogen (secondary N) is 1. The summed E-state index contributed by atoms with van der Waals surface area (Å²) in [7, 11) is 0. The van der Waals surface area contributed by atoms with E-state index in [1.165, 1.54) is 4.90 Å². The summed E-state index contributed by atoms with van der Waals surface area (Å²) in [6, 6.07) is -0.701. The molecular weight excluding hydrogens is 296 g/mol. The number of fused-ring (bicyclic) bond motifs is 1. The van der Waals surface area contributed by atoms with Gasteiger partial charge in [0, 0.05) is 12.5 Å². The van der Waals surface area contributed by atoms with Crippen LogP contribution < -0.4 is 5.32 Å². The maximum Gasteiger partial charge on any atom is 0.326 e. The van der Waals surface area contributed by atoms with Gasteiger partial charge in [-0.1, -0.05) is 26.7 Å². The lowest BCUT2D eigenvalue weighted by atomic mass is 9.85. The first-order valence-corrected chi connectivity index (χ1v) is 8.70. The Morgan fingerprint density at radius 3 is 2.57 bits per heavy atom. The monoisotopic (exact) mass is 324 g/mol. The maximum atomic E-state index is 12.5. The molecule has 1 saturated carbocycles. The van der Waals surface area contributed by atoms with Crippen LogP contribution >= 0.6 is 0 Å². The van der Waals surface area contributed by atoms with E-state index >= 15 is 0 Å². The summed E-state index contributed by atoms with van der Waals surface area (Å²) >= 11 is 0. The minimum Gasteiger partial charge on any atom is -0.480 e. The number of rotatable bonds is 6. The van der Waals surface area contributed by atoms with E-state index < -0.39 is 12.0 Å². The van der Waals surface area contributed by atoms with Crippen LogP contribution in [0.1, 0.15) is 58.8 Å². The Balaban J connectivity index is 1.92. The molecule has 1 aliphatic carbocycles. The molecule has 3 unspecified atom stereocenters. The molecule has 2 N–H and O–H groups in total. The first kappa shape index (κ1) is 17.8. The van der Waals surface area contributed by atoms with Crippen LogP contribution in [0, 0.1) is 11.8 Å². The Kier molecular flexibility index (Phi) is 6.02. The third-order valence-electron chi connectivity index (χ3n) is 5.05. The number of carbonyl (C=O) groups excluding carboxylic acids is 2. The largest absolute Gasteiger partial charge is 0.480 e. The summed E-state index contributed by atoms with van der Waals surface area (Å²) < 4.78 is 0. The Morgan fingerprint density at radius 2 is 1.91 bits per heavy atom. The number of hydrogen-bond donors (Lipinski definition) is 2. The lowest BCUT2D eigenvalue weighted by Crippen LogP contribution is -2.50. The number of carboxylic acids is 1. The summed E-state index contributed by atoms with van der Waals surface area (Å²) in [5.74, 6) is -0.596. The van der Waals surface area contributed by atoms with Gasteiger partial charge in [0.25, 0.3) is 0 Å². The molecule has 0 bridgehead atoms. The highest BCUT2D eigenvalue weighted by molar-refractivity contribution is 5.88.